The highest BCUT2D eigenvalue weighted by atomic mass is 32.2. The van der Waals surface area contributed by atoms with E-state index in [1.807, 2.05) is 0 Å². The number of aliphatic carboxylic acids is 1. The van der Waals surface area contributed by atoms with Crippen LogP contribution in [0.1, 0.15) is 39.5 Å². The predicted molar refractivity (Wildman–Crippen MR) is 95.6 cm³/mol. The van der Waals surface area contributed by atoms with Crippen molar-refractivity contribution < 1.29 is 23.2 Å². The molecule has 1 atom stereocenters. The Hall–Kier alpha value is -2.20. The van der Waals surface area contributed by atoms with E-state index in [0.29, 0.717) is 5.92 Å². The van der Waals surface area contributed by atoms with Crippen molar-refractivity contribution in [2.24, 2.45) is 5.92 Å². The third-order valence-corrected chi connectivity index (χ3v) is 6.07. The number of rotatable bonds is 7. The highest BCUT2D eigenvalue weighted by Gasteiger charge is 2.27. The van der Waals surface area contributed by atoms with Gasteiger partial charge in [0.15, 0.2) is 0 Å². The maximum absolute atomic E-state index is 12.6. The zero-order chi connectivity index (χ0) is 19.5. The lowest BCUT2D eigenvalue weighted by Crippen LogP contribution is -2.37. The van der Waals surface area contributed by atoms with Crippen LogP contribution in [0.2, 0.25) is 0 Å². The van der Waals surface area contributed by atoms with Gasteiger partial charge >= 0.3 is 5.97 Å². The van der Waals surface area contributed by atoms with Crippen LogP contribution in [-0.4, -0.2) is 36.5 Å². The van der Waals surface area contributed by atoms with Gasteiger partial charge in [-0.1, -0.05) is 6.92 Å². The van der Waals surface area contributed by atoms with Gasteiger partial charge in [0.1, 0.15) is 11.7 Å². The number of nitrogens with one attached hydrogen (secondary N) is 2. The molecule has 0 aliphatic heterocycles. The van der Waals surface area contributed by atoms with E-state index in [2.05, 4.69) is 17.0 Å². The van der Waals surface area contributed by atoms with E-state index < -0.39 is 32.6 Å². The molecule has 0 amide bonds. The van der Waals surface area contributed by atoms with Crippen LogP contribution >= 0.6 is 0 Å². The van der Waals surface area contributed by atoms with Crippen molar-refractivity contribution in [1.29, 1.82) is 0 Å². The molecular formula is C16H23N3O6S. The number of nitro groups is 1. The Morgan fingerprint density at radius 1 is 1.31 bits per heavy atom. The first-order chi connectivity index (χ1) is 12.1. The number of hydrogen-bond donors (Lipinski definition) is 3. The second-order valence-corrected chi connectivity index (χ2v) is 8.43. The number of nitro benzene ring substituents is 1. The minimum absolute atomic E-state index is 0.0460. The molecule has 0 heterocycles. The van der Waals surface area contributed by atoms with E-state index in [4.69, 9.17) is 5.11 Å². The molecule has 1 aliphatic carbocycles. The van der Waals surface area contributed by atoms with Crippen molar-refractivity contribution in [2.45, 2.75) is 56.5 Å². The molecule has 9 nitrogen and oxygen atoms in total. The maximum atomic E-state index is 12.6. The monoisotopic (exact) mass is 385 g/mol. The van der Waals surface area contributed by atoms with E-state index in [9.17, 15) is 23.3 Å². The number of nitrogens with zero attached hydrogens (tertiary/aromatic N) is 1. The Morgan fingerprint density at radius 2 is 1.92 bits per heavy atom. The summed E-state index contributed by atoms with van der Waals surface area (Å²) in [4.78, 5) is 21.2. The molecule has 26 heavy (non-hydrogen) atoms. The zero-order valence-corrected chi connectivity index (χ0v) is 15.5. The Balaban J connectivity index is 2.24. The topological polar surface area (TPSA) is 139 Å². The second-order valence-electron chi connectivity index (χ2n) is 6.72. The third-order valence-electron chi connectivity index (χ3n) is 4.56. The molecule has 1 aliphatic rings. The number of carboxylic acid groups (broad SMARTS) is 1. The van der Waals surface area contributed by atoms with Gasteiger partial charge in [-0.25, -0.2) is 13.1 Å². The van der Waals surface area contributed by atoms with Crippen molar-refractivity contribution >= 4 is 27.4 Å². The largest absolute Gasteiger partial charge is 0.480 e. The van der Waals surface area contributed by atoms with Crippen LogP contribution in [0, 0.1) is 16.0 Å². The number of carboxylic acids is 1. The van der Waals surface area contributed by atoms with Crippen molar-refractivity contribution in [3.63, 3.8) is 0 Å². The van der Waals surface area contributed by atoms with Crippen LogP contribution in [0.4, 0.5) is 11.4 Å². The van der Waals surface area contributed by atoms with Gasteiger partial charge in [0, 0.05) is 12.1 Å². The zero-order valence-electron chi connectivity index (χ0n) is 14.6. The van der Waals surface area contributed by atoms with Crippen LogP contribution in [0.5, 0.6) is 0 Å². The van der Waals surface area contributed by atoms with Crippen LogP contribution in [0.3, 0.4) is 0 Å². The molecule has 0 saturated heterocycles. The number of benzene rings is 1. The lowest BCUT2D eigenvalue weighted by molar-refractivity contribution is -0.384. The average molecular weight is 385 g/mol. The summed E-state index contributed by atoms with van der Waals surface area (Å²) in [5, 5.41) is 22.7. The number of hydrogen-bond acceptors (Lipinski definition) is 6. The average Bonchev–Trinajstić information content (AvgIpc) is 2.56. The Labute approximate surface area is 152 Å². The van der Waals surface area contributed by atoms with E-state index in [1.165, 1.54) is 19.1 Å². The Morgan fingerprint density at radius 3 is 2.46 bits per heavy atom. The fourth-order valence-corrected chi connectivity index (χ4v) is 4.24. The third kappa shape index (κ3) is 4.92. The standard InChI is InChI=1S/C16H23N3O6S/c1-10-3-5-12(6-4-10)18-26(24,25)13-7-8-14(15(9-13)19(22)23)17-11(2)16(20)21/h7-12,17-18H,3-6H2,1-2H3,(H,20,21)/t10?,11-,12?/m0/s1. The fraction of sp³-hybridized carbons (Fsp3) is 0.562. The Bertz CT molecular complexity index is 787. The lowest BCUT2D eigenvalue weighted by Gasteiger charge is -2.26. The highest BCUT2D eigenvalue weighted by molar-refractivity contribution is 7.89. The summed E-state index contributed by atoms with van der Waals surface area (Å²) in [5.74, 6) is -0.609. The maximum Gasteiger partial charge on any atom is 0.325 e. The highest BCUT2D eigenvalue weighted by Crippen LogP contribution is 2.29. The molecule has 2 rings (SSSR count). The summed E-state index contributed by atoms with van der Waals surface area (Å²) in [6, 6.07) is 2.16. The first-order valence-corrected chi connectivity index (χ1v) is 9.88. The molecule has 0 aromatic heterocycles. The normalized spacial score (nSPS) is 21.8. The molecule has 144 valence electrons. The van der Waals surface area contributed by atoms with Crippen molar-refractivity contribution in [3.05, 3.63) is 28.3 Å². The quantitative estimate of drug-likeness (QED) is 0.483. The molecule has 0 bridgehead atoms. The van der Waals surface area contributed by atoms with Crippen molar-refractivity contribution in [1.82, 2.24) is 4.72 Å². The summed E-state index contributed by atoms with van der Waals surface area (Å²) < 4.78 is 27.7. The Kier molecular flexibility index (Phi) is 6.19. The van der Waals surface area contributed by atoms with E-state index in [-0.39, 0.29) is 16.6 Å². The van der Waals surface area contributed by atoms with Gasteiger partial charge < -0.3 is 10.4 Å². The number of anilines is 1. The van der Waals surface area contributed by atoms with Crippen molar-refractivity contribution in [2.75, 3.05) is 5.32 Å². The minimum atomic E-state index is -3.89. The van der Waals surface area contributed by atoms with Gasteiger partial charge in [0.05, 0.1) is 9.82 Å². The minimum Gasteiger partial charge on any atom is -0.480 e. The first-order valence-electron chi connectivity index (χ1n) is 8.40. The number of carbonyl (C=O) groups is 1. The summed E-state index contributed by atoms with van der Waals surface area (Å²) in [7, 11) is -3.89. The first kappa shape index (κ1) is 20.1. The van der Waals surface area contributed by atoms with Gasteiger partial charge in [-0.2, -0.15) is 0 Å². The molecular weight excluding hydrogens is 362 g/mol. The molecule has 0 unspecified atom stereocenters. The van der Waals surface area contributed by atoms with E-state index in [1.54, 1.807) is 0 Å². The van der Waals surface area contributed by atoms with Crippen LogP contribution in [0.25, 0.3) is 0 Å². The lowest BCUT2D eigenvalue weighted by atomic mass is 9.88. The van der Waals surface area contributed by atoms with Crippen molar-refractivity contribution in [3.8, 4) is 0 Å². The SMILES string of the molecule is CC1CCC(NS(=O)(=O)c2ccc(N[C@@H](C)C(=O)O)c([N+](=O)[O-])c2)CC1. The fourth-order valence-electron chi connectivity index (χ4n) is 2.91. The molecule has 10 heteroatoms. The van der Waals surface area contributed by atoms with E-state index in [0.717, 1.165) is 31.7 Å². The van der Waals surface area contributed by atoms with Gasteiger partial charge in [-0.05, 0) is 50.7 Å². The molecule has 3 N–H and O–H groups in total. The van der Waals surface area contributed by atoms with Crippen LogP contribution < -0.4 is 10.0 Å². The molecule has 1 fully saturated rings. The second kappa shape index (κ2) is 8.00. The molecule has 0 spiro atoms. The van der Waals surface area contributed by atoms with Gasteiger partial charge in [-0.3, -0.25) is 14.9 Å². The van der Waals surface area contributed by atoms with E-state index >= 15 is 0 Å². The van der Waals surface area contributed by atoms with Gasteiger partial charge in [0.2, 0.25) is 10.0 Å². The smallest absolute Gasteiger partial charge is 0.325 e. The molecule has 1 aromatic carbocycles. The molecule has 1 aromatic rings. The van der Waals surface area contributed by atoms with Gasteiger partial charge in [-0.15, -0.1) is 0 Å². The van der Waals surface area contributed by atoms with Gasteiger partial charge in [0.25, 0.3) is 5.69 Å². The number of sulfonamides is 1. The van der Waals surface area contributed by atoms with Crippen LogP contribution in [-0.2, 0) is 14.8 Å². The predicted octanol–water partition coefficient (Wildman–Crippen LogP) is 2.34. The van der Waals surface area contributed by atoms with Crippen LogP contribution in [0.15, 0.2) is 23.1 Å². The molecule has 1 saturated carbocycles. The molecule has 0 radical (unpaired) electrons. The summed E-state index contributed by atoms with van der Waals surface area (Å²) in [5.41, 5.74) is -0.534. The summed E-state index contributed by atoms with van der Waals surface area (Å²) >= 11 is 0. The summed E-state index contributed by atoms with van der Waals surface area (Å²) in [6.45, 7) is 3.46. The summed E-state index contributed by atoms with van der Waals surface area (Å²) in [6.07, 6.45) is 3.34.